The van der Waals surface area contributed by atoms with E-state index in [1.54, 1.807) is 45.3 Å². The zero-order valence-electron chi connectivity index (χ0n) is 39.6. The summed E-state index contributed by atoms with van der Waals surface area (Å²) in [6, 6.07) is 8.98. The Kier molecular flexibility index (Phi) is 23.1. The van der Waals surface area contributed by atoms with E-state index in [2.05, 4.69) is 83.8 Å². The summed E-state index contributed by atoms with van der Waals surface area (Å²) in [6.45, 7) is 9.04. The summed E-state index contributed by atoms with van der Waals surface area (Å²) >= 11 is 15.6. The van der Waals surface area contributed by atoms with Crippen LogP contribution in [0.25, 0.3) is 51.4 Å². The molecule has 0 saturated carbocycles. The van der Waals surface area contributed by atoms with Gasteiger partial charge in [-0.05, 0) is 130 Å². The molecule has 2 nitrogen and oxygen atoms in total. The normalized spacial score (nSPS) is 11.9. The number of hydrogen-bond acceptors (Lipinski definition) is 7. The smallest absolute Gasteiger partial charge is 0.170 e. The summed E-state index contributed by atoms with van der Waals surface area (Å²) in [6.07, 6.45) is 33.7. The summed E-state index contributed by atoms with van der Waals surface area (Å²) in [4.78, 5) is 6.24. The van der Waals surface area contributed by atoms with E-state index in [1.165, 1.54) is 191 Å². The summed E-state index contributed by atoms with van der Waals surface area (Å²) in [5, 5.41) is 0. The summed E-state index contributed by atoms with van der Waals surface area (Å²) < 4.78 is 46.1. The van der Waals surface area contributed by atoms with E-state index >= 15 is 8.78 Å². The molecule has 5 aromatic heterocycles. The fraction of sp³-hybridized carbons (Fsp3) is 0.593. The molecule has 11 heteroatoms. The molecule has 6 aromatic rings. The number of rotatable bonds is 32. The molecule has 0 amide bonds. The molecule has 65 heavy (non-hydrogen) atoms. The Balaban J connectivity index is 1.33. The lowest BCUT2D eigenvalue weighted by molar-refractivity contribution is 0.516. The Bertz CT molecular complexity index is 2170. The van der Waals surface area contributed by atoms with Crippen molar-refractivity contribution in [1.29, 1.82) is 0 Å². The lowest BCUT2D eigenvalue weighted by Gasteiger charge is -2.08. The third-order valence-electron chi connectivity index (χ3n) is 12.9. The molecule has 0 aliphatic carbocycles. The maximum absolute atomic E-state index is 17.1. The average molecular weight is 1110 g/mol. The minimum Gasteiger partial charge on any atom is -0.203 e. The van der Waals surface area contributed by atoms with Crippen LogP contribution < -0.4 is 0 Å². The molecule has 1 aromatic carbocycles. The van der Waals surface area contributed by atoms with Gasteiger partial charge in [0.25, 0.3) is 0 Å². The second-order valence-electron chi connectivity index (χ2n) is 18.2. The van der Waals surface area contributed by atoms with Gasteiger partial charge in [0.2, 0.25) is 0 Å². The van der Waals surface area contributed by atoms with Crippen molar-refractivity contribution in [2.24, 2.45) is 0 Å². The van der Waals surface area contributed by atoms with Crippen molar-refractivity contribution in [3.05, 3.63) is 65.7 Å². The van der Waals surface area contributed by atoms with Crippen LogP contribution in [-0.4, -0.2) is 8.75 Å². The van der Waals surface area contributed by atoms with Crippen LogP contribution in [0.3, 0.4) is 0 Å². The Morgan fingerprint density at radius 2 is 0.677 bits per heavy atom. The van der Waals surface area contributed by atoms with Gasteiger partial charge in [-0.3, -0.25) is 0 Å². The molecule has 0 N–H and O–H groups in total. The number of aryl methyl sites for hydroxylation is 4. The minimum atomic E-state index is -0.817. The van der Waals surface area contributed by atoms with Crippen molar-refractivity contribution in [3.8, 4) is 40.4 Å². The van der Waals surface area contributed by atoms with Crippen molar-refractivity contribution in [2.45, 2.75) is 207 Å². The van der Waals surface area contributed by atoms with E-state index < -0.39 is 11.6 Å². The van der Waals surface area contributed by atoms with Gasteiger partial charge < -0.3 is 0 Å². The van der Waals surface area contributed by atoms with Crippen molar-refractivity contribution in [1.82, 2.24) is 8.75 Å². The van der Waals surface area contributed by atoms with Gasteiger partial charge in [0.05, 0.1) is 30.4 Å². The molecule has 0 radical (unpaired) electrons. The highest BCUT2D eigenvalue weighted by Crippen LogP contribution is 2.50. The predicted molar refractivity (Wildman–Crippen MR) is 294 cm³/mol. The molecular formula is C54H72Br2F2N2S5. The third kappa shape index (κ3) is 14.8. The molecule has 0 spiro atoms. The van der Waals surface area contributed by atoms with Gasteiger partial charge in [-0.15, -0.1) is 45.3 Å². The molecule has 0 unspecified atom stereocenters. The first-order valence-corrected chi connectivity index (χ1v) is 30.8. The quantitative estimate of drug-likeness (QED) is 0.0394. The molecule has 0 saturated heterocycles. The first kappa shape index (κ1) is 53.0. The molecule has 0 aliphatic heterocycles. The maximum atomic E-state index is 17.1. The van der Waals surface area contributed by atoms with E-state index in [0.29, 0.717) is 11.0 Å². The van der Waals surface area contributed by atoms with Gasteiger partial charge in [-0.2, -0.15) is 8.75 Å². The molecule has 5 heterocycles. The Morgan fingerprint density at radius 1 is 0.385 bits per heavy atom. The van der Waals surface area contributed by atoms with Crippen LogP contribution >= 0.6 is 88.9 Å². The summed E-state index contributed by atoms with van der Waals surface area (Å²) in [7, 11) is 0. The highest BCUT2D eigenvalue weighted by atomic mass is 79.9. The number of benzene rings is 1. The summed E-state index contributed by atoms with van der Waals surface area (Å²) in [5.41, 5.74) is 6.58. The van der Waals surface area contributed by atoms with Gasteiger partial charge in [0.1, 0.15) is 11.0 Å². The van der Waals surface area contributed by atoms with Gasteiger partial charge in [-0.25, -0.2) is 8.78 Å². The second kappa shape index (κ2) is 28.4. The monoisotopic (exact) mass is 1100 g/mol. The first-order valence-electron chi connectivity index (χ1n) is 25.3. The van der Waals surface area contributed by atoms with Crippen LogP contribution in [0.5, 0.6) is 0 Å². The van der Waals surface area contributed by atoms with E-state index in [0.717, 1.165) is 60.0 Å². The van der Waals surface area contributed by atoms with Gasteiger partial charge in [-0.1, -0.05) is 156 Å². The van der Waals surface area contributed by atoms with Crippen LogP contribution in [-0.2, 0) is 25.7 Å². The zero-order valence-corrected chi connectivity index (χ0v) is 46.8. The van der Waals surface area contributed by atoms with Gasteiger partial charge in [0.15, 0.2) is 11.6 Å². The summed E-state index contributed by atoms with van der Waals surface area (Å²) in [5.74, 6) is -1.63. The molecule has 0 fully saturated rings. The number of halogens is 4. The predicted octanol–water partition coefficient (Wildman–Crippen LogP) is 22.0. The molecular weight excluding hydrogens is 1030 g/mol. The largest absolute Gasteiger partial charge is 0.203 e. The highest BCUT2D eigenvalue weighted by molar-refractivity contribution is 9.11. The van der Waals surface area contributed by atoms with E-state index in [4.69, 9.17) is 8.75 Å². The Labute approximate surface area is 427 Å². The third-order valence-corrected chi connectivity index (χ3v) is 20.1. The number of unbranched alkanes of at least 4 members (excludes halogenated alkanes) is 20. The fourth-order valence-electron chi connectivity index (χ4n) is 9.05. The number of aromatic nitrogens is 2. The molecule has 356 valence electrons. The first-order chi connectivity index (χ1) is 31.8. The van der Waals surface area contributed by atoms with Crippen LogP contribution in [0.2, 0.25) is 0 Å². The van der Waals surface area contributed by atoms with Crippen LogP contribution in [0.4, 0.5) is 8.78 Å². The van der Waals surface area contributed by atoms with E-state index in [1.807, 2.05) is 0 Å². The van der Waals surface area contributed by atoms with Crippen LogP contribution in [0.15, 0.2) is 31.8 Å². The Morgan fingerprint density at radius 3 is 1.02 bits per heavy atom. The lowest BCUT2D eigenvalue weighted by atomic mass is 10.00. The Hall–Kier alpha value is -1.34. The lowest BCUT2D eigenvalue weighted by Crippen LogP contribution is -1.95. The maximum Gasteiger partial charge on any atom is 0.170 e. The molecule has 0 aliphatic rings. The second-order valence-corrected chi connectivity index (χ2v) is 25.5. The van der Waals surface area contributed by atoms with E-state index in [9.17, 15) is 0 Å². The van der Waals surface area contributed by atoms with Crippen molar-refractivity contribution in [3.63, 3.8) is 0 Å². The molecule has 0 atom stereocenters. The highest BCUT2D eigenvalue weighted by Gasteiger charge is 2.29. The molecule has 6 rings (SSSR count). The van der Waals surface area contributed by atoms with Crippen molar-refractivity contribution in [2.75, 3.05) is 0 Å². The topological polar surface area (TPSA) is 25.8 Å². The SMILES string of the molecule is CCCCCCCCc1cc(-c2sc(-c3c(F)c(F)c(-c4cc(CCCCCCCC)c(-c5cc(CCCCCCCC)c(Br)s5)s4)c4nsnc34)cc2CCCCCCCC)sc1Br. The minimum absolute atomic E-state index is 0.254. The van der Waals surface area contributed by atoms with Crippen molar-refractivity contribution < 1.29 is 8.78 Å². The van der Waals surface area contributed by atoms with E-state index in [-0.39, 0.29) is 11.1 Å². The number of hydrogen-bond donors (Lipinski definition) is 0. The van der Waals surface area contributed by atoms with Crippen LogP contribution in [0, 0.1) is 11.6 Å². The zero-order chi connectivity index (χ0) is 46.0. The number of nitrogens with zero attached hydrogens (tertiary/aromatic N) is 2. The standard InChI is InChI=1S/C54H72Br2F2N2S5/c1-5-9-13-17-21-25-29-37-33-41(61-51(37)43-35-39(53(55)63-43)31-27-23-19-15-11-7-3)45-47(57)48(58)46(50-49(45)59-65-60-50)42-34-38(30-26-22-18-14-10-6-2)52(62-42)44-36-40(54(56)64-44)32-28-24-20-16-12-8-4/h33-36H,5-32H2,1-4H3. The van der Waals surface area contributed by atoms with Gasteiger partial charge in [0, 0.05) is 29.3 Å². The van der Waals surface area contributed by atoms with Crippen LogP contribution in [0.1, 0.15) is 204 Å². The molecule has 0 bridgehead atoms. The van der Waals surface area contributed by atoms with Crippen molar-refractivity contribution >= 4 is 100.0 Å². The number of fused-ring (bicyclic) bond motifs is 1. The fourth-order valence-corrected chi connectivity index (χ4v) is 15.9. The van der Waals surface area contributed by atoms with Gasteiger partial charge >= 0.3 is 0 Å². The average Bonchev–Trinajstić information content (AvgIpc) is 4.16. The number of thiophene rings is 4.